The van der Waals surface area contributed by atoms with Crippen molar-refractivity contribution >= 4 is 28.4 Å². The molecule has 2 aliphatic heterocycles. The van der Waals surface area contributed by atoms with Crippen molar-refractivity contribution in [1.82, 2.24) is 9.80 Å². The quantitative estimate of drug-likeness (QED) is 0.767. The molecular weight excluding hydrogens is 352 g/mol. The van der Waals surface area contributed by atoms with Crippen LogP contribution in [-0.4, -0.2) is 53.6 Å². The van der Waals surface area contributed by atoms with E-state index in [1.54, 1.807) is 9.80 Å². The first-order valence-corrected chi connectivity index (χ1v) is 10.2. The van der Waals surface area contributed by atoms with Crippen molar-refractivity contribution in [3.8, 4) is 0 Å². The van der Waals surface area contributed by atoms with Crippen LogP contribution in [0.1, 0.15) is 42.5 Å². The molecule has 2 amide bonds. The molecule has 2 aromatic carbocycles. The van der Waals surface area contributed by atoms with Gasteiger partial charge in [-0.15, -0.1) is 0 Å². The lowest BCUT2D eigenvalue weighted by molar-refractivity contribution is -0.142. The Balaban J connectivity index is 1.42. The average Bonchev–Trinajstić information content (AvgIpc) is 2.74. The molecule has 0 aliphatic carbocycles. The van der Waals surface area contributed by atoms with Gasteiger partial charge in [-0.2, -0.15) is 0 Å². The van der Waals surface area contributed by atoms with Crippen LogP contribution in [0, 0.1) is 5.92 Å². The Morgan fingerprint density at radius 3 is 2.61 bits per heavy atom. The molecule has 5 nitrogen and oxygen atoms in total. The lowest BCUT2D eigenvalue weighted by atomic mass is 9.89. The SMILES string of the molecule is O=C(c1ccc2ccccc2c1)[C@@H]1CCCN(C(=O)CN2CCCCC2=O)C1. The van der Waals surface area contributed by atoms with Crippen LogP contribution in [0.25, 0.3) is 10.8 Å². The summed E-state index contributed by atoms with van der Waals surface area (Å²) in [5.41, 5.74) is 0.712. The maximum atomic E-state index is 13.1. The second-order valence-electron chi connectivity index (χ2n) is 7.88. The summed E-state index contributed by atoms with van der Waals surface area (Å²) in [5, 5.41) is 2.17. The normalized spacial score (nSPS) is 20.4. The summed E-state index contributed by atoms with van der Waals surface area (Å²) < 4.78 is 0. The summed E-state index contributed by atoms with van der Waals surface area (Å²) in [7, 11) is 0. The predicted molar refractivity (Wildman–Crippen MR) is 108 cm³/mol. The molecule has 4 rings (SSSR count). The topological polar surface area (TPSA) is 57.7 Å². The smallest absolute Gasteiger partial charge is 0.242 e. The van der Waals surface area contributed by atoms with Crippen molar-refractivity contribution in [3.05, 3.63) is 48.0 Å². The number of benzene rings is 2. The van der Waals surface area contributed by atoms with Crippen molar-refractivity contribution in [1.29, 1.82) is 0 Å². The number of Topliss-reactive ketones (excluding diaryl/α,β-unsaturated/α-hetero) is 1. The van der Waals surface area contributed by atoms with Crippen LogP contribution in [0.4, 0.5) is 0 Å². The van der Waals surface area contributed by atoms with Crippen LogP contribution < -0.4 is 0 Å². The van der Waals surface area contributed by atoms with Crippen LogP contribution >= 0.6 is 0 Å². The lowest BCUT2D eigenvalue weighted by Crippen LogP contribution is -2.48. The molecule has 2 heterocycles. The zero-order valence-corrected chi connectivity index (χ0v) is 16.1. The second-order valence-corrected chi connectivity index (χ2v) is 7.88. The molecule has 28 heavy (non-hydrogen) atoms. The Morgan fingerprint density at radius 2 is 1.79 bits per heavy atom. The molecule has 0 aromatic heterocycles. The van der Waals surface area contributed by atoms with Gasteiger partial charge in [-0.25, -0.2) is 0 Å². The molecule has 0 spiro atoms. The van der Waals surface area contributed by atoms with E-state index in [0.29, 0.717) is 31.6 Å². The predicted octanol–water partition coefficient (Wildman–Crippen LogP) is 3.27. The van der Waals surface area contributed by atoms with E-state index in [0.717, 1.165) is 36.5 Å². The standard InChI is InChI=1S/C23H26N2O3/c26-21-9-3-4-12-25(21)16-22(27)24-13-5-8-20(15-24)23(28)19-11-10-17-6-1-2-7-18(17)14-19/h1-2,6-7,10-11,14,20H,3-5,8-9,12-13,15-16H2/t20-/m1/s1. The molecule has 0 unspecified atom stereocenters. The minimum Gasteiger partial charge on any atom is -0.340 e. The second kappa shape index (κ2) is 8.13. The summed E-state index contributed by atoms with van der Waals surface area (Å²) in [6.07, 6.45) is 4.04. The molecule has 0 radical (unpaired) electrons. The maximum absolute atomic E-state index is 13.1. The fraction of sp³-hybridized carbons (Fsp3) is 0.435. The first-order valence-electron chi connectivity index (χ1n) is 10.2. The monoisotopic (exact) mass is 378 g/mol. The largest absolute Gasteiger partial charge is 0.340 e. The van der Waals surface area contributed by atoms with Gasteiger partial charge in [-0.1, -0.05) is 36.4 Å². The van der Waals surface area contributed by atoms with Crippen LogP contribution in [-0.2, 0) is 9.59 Å². The third-order valence-electron chi connectivity index (χ3n) is 5.93. The number of piperidine rings is 2. The first-order chi connectivity index (χ1) is 13.6. The van der Waals surface area contributed by atoms with Crippen molar-refractivity contribution in [2.45, 2.75) is 32.1 Å². The van der Waals surface area contributed by atoms with Gasteiger partial charge in [0.15, 0.2) is 5.78 Å². The average molecular weight is 378 g/mol. The van der Waals surface area contributed by atoms with Crippen molar-refractivity contribution in [2.24, 2.45) is 5.92 Å². The van der Waals surface area contributed by atoms with E-state index < -0.39 is 0 Å². The Labute approximate surface area is 165 Å². The minimum atomic E-state index is -0.170. The Bertz CT molecular complexity index is 908. The number of amides is 2. The van der Waals surface area contributed by atoms with Crippen molar-refractivity contribution in [2.75, 3.05) is 26.2 Å². The number of rotatable bonds is 4. The molecule has 2 aliphatic rings. The number of hydrogen-bond acceptors (Lipinski definition) is 3. The van der Waals surface area contributed by atoms with E-state index in [-0.39, 0.29) is 30.1 Å². The van der Waals surface area contributed by atoms with Crippen molar-refractivity contribution < 1.29 is 14.4 Å². The molecule has 146 valence electrons. The molecule has 0 N–H and O–H groups in total. The number of hydrogen-bond donors (Lipinski definition) is 0. The van der Waals surface area contributed by atoms with E-state index in [4.69, 9.17) is 0 Å². The molecule has 5 heteroatoms. The number of ketones is 1. The van der Waals surface area contributed by atoms with Crippen LogP contribution in [0.15, 0.2) is 42.5 Å². The van der Waals surface area contributed by atoms with E-state index in [1.807, 2.05) is 42.5 Å². The van der Waals surface area contributed by atoms with E-state index in [9.17, 15) is 14.4 Å². The first kappa shape index (κ1) is 18.7. The van der Waals surface area contributed by atoms with Crippen LogP contribution in [0.5, 0.6) is 0 Å². The molecule has 2 aromatic rings. The number of carbonyl (C=O) groups is 3. The molecular formula is C23H26N2O3. The Kier molecular flexibility index (Phi) is 5.42. The van der Waals surface area contributed by atoms with Gasteiger partial charge in [0.05, 0.1) is 6.54 Å². The number of carbonyl (C=O) groups excluding carboxylic acids is 3. The van der Waals surface area contributed by atoms with Gasteiger partial charge >= 0.3 is 0 Å². The molecule has 1 atom stereocenters. The van der Waals surface area contributed by atoms with Gasteiger partial charge in [0.1, 0.15) is 0 Å². The van der Waals surface area contributed by atoms with Gasteiger partial charge in [0.2, 0.25) is 11.8 Å². The van der Waals surface area contributed by atoms with Gasteiger partial charge < -0.3 is 9.80 Å². The van der Waals surface area contributed by atoms with Gasteiger partial charge in [-0.05, 0) is 42.5 Å². The van der Waals surface area contributed by atoms with Crippen LogP contribution in [0.3, 0.4) is 0 Å². The van der Waals surface area contributed by atoms with Gasteiger partial charge in [0, 0.05) is 37.5 Å². The number of fused-ring (bicyclic) bond motifs is 1. The zero-order valence-electron chi connectivity index (χ0n) is 16.1. The Hall–Kier alpha value is -2.69. The van der Waals surface area contributed by atoms with Gasteiger partial charge in [-0.3, -0.25) is 14.4 Å². The summed E-state index contributed by atoms with van der Waals surface area (Å²) in [6, 6.07) is 13.8. The highest BCUT2D eigenvalue weighted by molar-refractivity contribution is 6.01. The lowest BCUT2D eigenvalue weighted by Gasteiger charge is -2.34. The highest BCUT2D eigenvalue weighted by atomic mass is 16.2. The number of nitrogens with zero attached hydrogens (tertiary/aromatic N) is 2. The number of likely N-dealkylation sites (tertiary alicyclic amines) is 2. The Morgan fingerprint density at radius 1 is 0.964 bits per heavy atom. The third-order valence-corrected chi connectivity index (χ3v) is 5.93. The fourth-order valence-electron chi connectivity index (χ4n) is 4.29. The van der Waals surface area contributed by atoms with Gasteiger partial charge in [0.25, 0.3) is 0 Å². The fourth-order valence-corrected chi connectivity index (χ4v) is 4.29. The molecule has 2 fully saturated rings. The van der Waals surface area contributed by atoms with E-state index in [2.05, 4.69) is 0 Å². The highest BCUT2D eigenvalue weighted by Crippen LogP contribution is 2.24. The maximum Gasteiger partial charge on any atom is 0.242 e. The van der Waals surface area contributed by atoms with E-state index in [1.165, 1.54) is 0 Å². The van der Waals surface area contributed by atoms with Crippen LogP contribution in [0.2, 0.25) is 0 Å². The summed E-state index contributed by atoms with van der Waals surface area (Å²) in [4.78, 5) is 41.2. The van der Waals surface area contributed by atoms with E-state index >= 15 is 0 Å². The molecule has 0 saturated carbocycles. The summed E-state index contributed by atoms with van der Waals surface area (Å²) >= 11 is 0. The summed E-state index contributed by atoms with van der Waals surface area (Å²) in [6.45, 7) is 1.93. The zero-order chi connectivity index (χ0) is 19.5. The third kappa shape index (κ3) is 3.93. The summed E-state index contributed by atoms with van der Waals surface area (Å²) in [5.74, 6) is -0.0279. The molecule has 0 bridgehead atoms. The highest BCUT2D eigenvalue weighted by Gasteiger charge is 2.30. The molecule has 2 saturated heterocycles. The van der Waals surface area contributed by atoms with Crippen molar-refractivity contribution in [3.63, 3.8) is 0 Å². The minimum absolute atomic E-state index is 0.0359.